The largest absolute Gasteiger partial charge is 0.478 e. The lowest BCUT2D eigenvalue weighted by atomic mass is 10.3. The van der Waals surface area contributed by atoms with E-state index in [1.807, 2.05) is 19.2 Å². The molecule has 0 aromatic carbocycles. The number of nitrogens with zero attached hydrogens (tertiary/aromatic N) is 4. The van der Waals surface area contributed by atoms with E-state index >= 15 is 0 Å². The van der Waals surface area contributed by atoms with Crippen molar-refractivity contribution < 1.29 is 14.7 Å². The third kappa shape index (κ3) is 3.67. The Morgan fingerprint density at radius 1 is 1.40 bits per heavy atom. The van der Waals surface area contributed by atoms with Crippen LogP contribution in [0.2, 0.25) is 0 Å². The van der Waals surface area contributed by atoms with Crippen LogP contribution in [0.15, 0.2) is 30.9 Å². The van der Waals surface area contributed by atoms with Gasteiger partial charge in [0.15, 0.2) is 0 Å². The molecule has 8 heteroatoms. The lowest BCUT2D eigenvalue weighted by molar-refractivity contribution is -0.122. The first-order valence-corrected chi connectivity index (χ1v) is 6.07. The number of carbonyl (C=O) groups is 2. The van der Waals surface area contributed by atoms with Gasteiger partial charge in [-0.2, -0.15) is 10.2 Å². The summed E-state index contributed by atoms with van der Waals surface area (Å²) in [5.74, 6) is -1.30. The first kappa shape index (κ1) is 13.8. The van der Waals surface area contributed by atoms with Gasteiger partial charge in [-0.05, 0) is 13.0 Å². The summed E-state index contributed by atoms with van der Waals surface area (Å²) in [4.78, 5) is 22.5. The third-order valence-electron chi connectivity index (χ3n) is 2.61. The molecule has 106 valence electrons. The molecule has 2 heterocycles. The molecule has 20 heavy (non-hydrogen) atoms. The van der Waals surface area contributed by atoms with Crippen LogP contribution in [-0.2, 0) is 17.9 Å². The molecule has 2 aromatic heterocycles. The Morgan fingerprint density at radius 2 is 2.20 bits per heavy atom. The molecule has 8 nitrogen and oxygen atoms in total. The van der Waals surface area contributed by atoms with Crippen LogP contribution in [0.4, 0.5) is 0 Å². The van der Waals surface area contributed by atoms with Crippen LogP contribution in [0.25, 0.3) is 0 Å². The van der Waals surface area contributed by atoms with Crippen LogP contribution >= 0.6 is 0 Å². The molecule has 1 unspecified atom stereocenters. The third-order valence-corrected chi connectivity index (χ3v) is 2.61. The highest BCUT2D eigenvalue weighted by atomic mass is 16.4. The molecular weight excluding hydrogens is 262 g/mol. The predicted molar refractivity (Wildman–Crippen MR) is 69.0 cm³/mol. The van der Waals surface area contributed by atoms with Gasteiger partial charge < -0.3 is 10.4 Å². The van der Waals surface area contributed by atoms with Crippen LogP contribution in [0.3, 0.4) is 0 Å². The monoisotopic (exact) mass is 277 g/mol. The van der Waals surface area contributed by atoms with E-state index in [1.165, 1.54) is 17.1 Å². The summed E-state index contributed by atoms with van der Waals surface area (Å²) in [6.45, 7) is 2.42. The molecule has 0 aliphatic rings. The Balaban J connectivity index is 1.83. The Kier molecular flexibility index (Phi) is 4.14. The van der Waals surface area contributed by atoms with Gasteiger partial charge in [0.05, 0.1) is 18.3 Å². The molecule has 2 aromatic rings. The second-order valence-corrected chi connectivity index (χ2v) is 4.43. The van der Waals surface area contributed by atoms with E-state index in [1.54, 1.807) is 10.9 Å². The minimum absolute atomic E-state index is 0.0171. The zero-order chi connectivity index (χ0) is 14.5. The zero-order valence-electron chi connectivity index (χ0n) is 10.9. The maximum absolute atomic E-state index is 11.8. The van der Waals surface area contributed by atoms with Crippen LogP contribution in [0.1, 0.15) is 17.3 Å². The second kappa shape index (κ2) is 6.00. The zero-order valence-corrected chi connectivity index (χ0v) is 10.9. The fraction of sp³-hybridized carbons (Fsp3) is 0.333. The molecule has 0 saturated carbocycles. The van der Waals surface area contributed by atoms with Gasteiger partial charge in [-0.15, -0.1) is 0 Å². The average Bonchev–Trinajstić information content (AvgIpc) is 2.99. The van der Waals surface area contributed by atoms with Gasteiger partial charge in [0.2, 0.25) is 5.91 Å². The van der Waals surface area contributed by atoms with E-state index in [-0.39, 0.29) is 24.1 Å². The molecule has 2 rings (SSSR count). The number of aromatic nitrogens is 4. The van der Waals surface area contributed by atoms with Gasteiger partial charge in [0.25, 0.3) is 0 Å². The van der Waals surface area contributed by atoms with Crippen molar-refractivity contribution in [1.82, 2.24) is 24.9 Å². The molecule has 0 bridgehead atoms. The van der Waals surface area contributed by atoms with Gasteiger partial charge in [-0.1, -0.05) is 0 Å². The number of carboxylic acids is 1. The molecule has 0 saturated heterocycles. The number of rotatable bonds is 6. The summed E-state index contributed by atoms with van der Waals surface area (Å²) in [6.07, 6.45) is 6.02. The molecule has 0 aliphatic heterocycles. The standard InChI is InChI=1S/C12H15N5O3/c1-9(6-16-4-2-3-13-16)15-11(18)8-17-7-10(5-14-17)12(19)20/h2-5,7,9H,6,8H2,1H3,(H,15,18)(H,19,20). The quantitative estimate of drug-likeness (QED) is 0.772. The van der Waals surface area contributed by atoms with Gasteiger partial charge >= 0.3 is 5.97 Å². The van der Waals surface area contributed by atoms with Crippen molar-refractivity contribution in [3.05, 3.63) is 36.4 Å². The SMILES string of the molecule is CC(Cn1cccn1)NC(=O)Cn1cc(C(=O)O)cn1. The van der Waals surface area contributed by atoms with E-state index < -0.39 is 5.97 Å². The summed E-state index contributed by atoms with van der Waals surface area (Å²) >= 11 is 0. The van der Waals surface area contributed by atoms with Crippen molar-refractivity contribution in [2.75, 3.05) is 0 Å². The second-order valence-electron chi connectivity index (χ2n) is 4.43. The molecular formula is C12H15N5O3. The van der Waals surface area contributed by atoms with Crippen LogP contribution < -0.4 is 5.32 Å². The van der Waals surface area contributed by atoms with Crippen molar-refractivity contribution in [3.8, 4) is 0 Å². The smallest absolute Gasteiger partial charge is 0.338 e. The Bertz CT molecular complexity index is 590. The van der Waals surface area contributed by atoms with Crippen molar-refractivity contribution in [2.45, 2.75) is 26.1 Å². The first-order valence-electron chi connectivity index (χ1n) is 6.07. The maximum atomic E-state index is 11.8. The number of carboxylic acid groups (broad SMARTS) is 1. The highest BCUT2D eigenvalue weighted by molar-refractivity contribution is 5.87. The summed E-state index contributed by atoms with van der Waals surface area (Å²) in [7, 11) is 0. The Morgan fingerprint density at radius 3 is 2.80 bits per heavy atom. The van der Waals surface area contributed by atoms with E-state index in [0.717, 1.165) is 0 Å². The number of nitrogens with one attached hydrogen (secondary N) is 1. The van der Waals surface area contributed by atoms with Gasteiger partial charge in [-0.3, -0.25) is 14.2 Å². The maximum Gasteiger partial charge on any atom is 0.338 e. The number of amides is 1. The van der Waals surface area contributed by atoms with Crippen molar-refractivity contribution in [3.63, 3.8) is 0 Å². The number of aromatic carboxylic acids is 1. The van der Waals surface area contributed by atoms with Gasteiger partial charge in [0, 0.05) is 24.6 Å². The number of hydrogen-bond acceptors (Lipinski definition) is 4. The lowest BCUT2D eigenvalue weighted by Crippen LogP contribution is -2.37. The average molecular weight is 277 g/mol. The fourth-order valence-electron chi connectivity index (χ4n) is 1.76. The topological polar surface area (TPSA) is 102 Å². The minimum atomic E-state index is -1.07. The molecule has 0 fully saturated rings. The highest BCUT2D eigenvalue weighted by Crippen LogP contribution is 1.97. The van der Waals surface area contributed by atoms with E-state index in [4.69, 9.17) is 5.11 Å². The summed E-state index contributed by atoms with van der Waals surface area (Å²) in [6, 6.07) is 1.73. The van der Waals surface area contributed by atoms with Crippen molar-refractivity contribution >= 4 is 11.9 Å². The van der Waals surface area contributed by atoms with Gasteiger partial charge in [-0.25, -0.2) is 4.79 Å². The molecule has 0 spiro atoms. The summed E-state index contributed by atoms with van der Waals surface area (Å²) < 4.78 is 3.01. The molecule has 2 N–H and O–H groups in total. The highest BCUT2D eigenvalue weighted by Gasteiger charge is 2.11. The minimum Gasteiger partial charge on any atom is -0.478 e. The number of hydrogen-bond donors (Lipinski definition) is 2. The van der Waals surface area contributed by atoms with E-state index in [9.17, 15) is 9.59 Å². The van der Waals surface area contributed by atoms with Crippen LogP contribution in [0, 0.1) is 0 Å². The first-order chi connectivity index (χ1) is 9.54. The molecule has 1 amide bonds. The van der Waals surface area contributed by atoms with E-state index in [2.05, 4.69) is 15.5 Å². The van der Waals surface area contributed by atoms with Crippen molar-refractivity contribution in [2.24, 2.45) is 0 Å². The fourth-order valence-corrected chi connectivity index (χ4v) is 1.76. The van der Waals surface area contributed by atoms with Gasteiger partial charge in [0.1, 0.15) is 6.54 Å². The summed E-state index contributed by atoms with van der Waals surface area (Å²) in [5, 5.41) is 19.4. The molecule has 0 aliphatic carbocycles. The molecule has 0 radical (unpaired) electrons. The number of carbonyl (C=O) groups excluding carboxylic acids is 1. The predicted octanol–water partition coefficient (Wildman–Crippen LogP) is -0.0173. The lowest BCUT2D eigenvalue weighted by Gasteiger charge is -2.13. The molecule has 1 atom stereocenters. The van der Waals surface area contributed by atoms with Crippen molar-refractivity contribution in [1.29, 1.82) is 0 Å². The van der Waals surface area contributed by atoms with Crippen LogP contribution in [0.5, 0.6) is 0 Å². The van der Waals surface area contributed by atoms with E-state index in [0.29, 0.717) is 6.54 Å². The Hall–Kier alpha value is -2.64. The normalized spacial score (nSPS) is 12.1. The summed E-state index contributed by atoms with van der Waals surface area (Å²) in [5.41, 5.74) is 0.0578. The van der Waals surface area contributed by atoms with Crippen LogP contribution in [-0.4, -0.2) is 42.6 Å². The Labute approximate surface area is 115 Å².